The summed E-state index contributed by atoms with van der Waals surface area (Å²) >= 11 is 0. The van der Waals surface area contributed by atoms with Gasteiger partial charge in [0.25, 0.3) is 0 Å². The topological polar surface area (TPSA) is 129 Å². The third kappa shape index (κ3) is 10.5. The summed E-state index contributed by atoms with van der Waals surface area (Å²) in [6.45, 7) is 13.6. The van der Waals surface area contributed by atoms with Crippen molar-refractivity contribution in [1.82, 2.24) is 14.7 Å². The summed E-state index contributed by atoms with van der Waals surface area (Å²) in [5.41, 5.74) is 0.944. The van der Waals surface area contributed by atoms with Crippen molar-refractivity contribution in [3.8, 4) is 11.1 Å². The number of halogens is 2. The number of rotatable bonds is 11. The Morgan fingerprint density at radius 3 is 2.17 bits per heavy atom. The predicted octanol–water partition coefficient (Wildman–Crippen LogP) is 8.82. The summed E-state index contributed by atoms with van der Waals surface area (Å²) in [7, 11) is 0. The molecule has 2 N–H and O–H groups in total. The number of nitrogens with zero attached hydrogens (tertiary/aromatic N) is 3. The standard InChI is InChI=1S/C23H27F2NO3.C22H32N2O5/c1-15(2)23(11-13-27)10-12-26(22(28)29-23)16(3)17-4-6-18(7-5-17)20-9-8-19(24)14-21(20)25;1-21(2,3)28-19(26)23-13-10-18(16-23)24-14-12-22(11-7-15-25,29-20(24)27)17-8-5-4-6-9-17/h4-9,14-16,27H,10-13H2,1-3H3;4-6,8-9,18,25H,7,10-16H2,1-3H3. The molecule has 316 valence electrons. The Kier molecular flexibility index (Phi) is 14.4. The molecule has 3 aromatic carbocycles. The predicted molar refractivity (Wildman–Crippen MR) is 216 cm³/mol. The van der Waals surface area contributed by atoms with E-state index < -0.39 is 28.4 Å². The van der Waals surface area contributed by atoms with E-state index in [1.807, 2.05) is 84.0 Å². The van der Waals surface area contributed by atoms with Crippen molar-refractivity contribution in [1.29, 1.82) is 0 Å². The number of amides is 3. The quantitative estimate of drug-likeness (QED) is 0.184. The highest BCUT2D eigenvalue weighted by molar-refractivity contribution is 5.72. The summed E-state index contributed by atoms with van der Waals surface area (Å²) in [6, 6.07) is 20.2. The molecule has 0 aliphatic carbocycles. The highest BCUT2D eigenvalue weighted by atomic mass is 19.1. The molecule has 58 heavy (non-hydrogen) atoms. The van der Waals surface area contributed by atoms with Crippen molar-refractivity contribution in [2.24, 2.45) is 5.92 Å². The highest BCUT2D eigenvalue weighted by Gasteiger charge is 2.46. The maximum atomic E-state index is 14.0. The van der Waals surface area contributed by atoms with E-state index in [4.69, 9.17) is 14.2 Å². The first-order valence-electron chi connectivity index (χ1n) is 20.3. The minimum Gasteiger partial charge on any atom is -0.444 e. The molecule has 0 aromatic heterocycles. The van der Waals surface area contributed by atoms with Crippen molar-refractivity contribution in [3.63, 3.8) is 0 Å². The zero-order chi connectivity index (χ0) is 42.3. The molecular formula is C45H59F2N3O8. The maximum absolute atomic E-state index is 14.0. The Bertz CT molecular complexity index is 1860. The number of cyclic esters (lactones) is 2. The van der Waals surface area contributed by atoms with Crippen molar-refractivity contribution in [2.75, 3.05) is 39.4 Å². The molecule has 3 aliphatic rings. The number of aliphatic hydroxyl groups excluding tert-OH is 2. The Morgan fingerprint density at radius 1 is 0.879 bits per heavy atom. The summed E-state index contributed by atoms with van der Waals surface area (Å²) < 4.78 is 44.4. The number of likely N-dealkylation sites (tertiary alicyclic amines) is 1. The lowest BCUT2D eigenvalue weighted by molar-refractivity contribution is -0.0929. The smallest absolute Gasteiger partial charge is 0.410 e. The SMILES string of the molecule is CC(C)(C)OC(=O)N1CCC(N2CCC(CCCO)(c3ccccc3)OC2=O)C1.CC(c1ccc(-c2ccc(F)cc2F)cc1)N1CCC(CCO)(C(C)C)OC1=O. The van der Waals surface area contributed by atoms with E-state index in [-0.39, 0.29) is 49.5 Å². The Balaban J connectivity index is 0.000000221. The molecule has 6 rings (SSSR count). The molecule has 4 unspecified atom stereocenters. The van der Waals surface area contributed by atoms with Crippen LogP contribution in [0.2, 0.25) is 0 Å². The van der Waals surface area contributed by atoms with Gasteiger partial charge in [0.2, 0.25) is 0 Å². The van der Waals surface area contributed by atoms with Crippen molar-refractivity contribution >= 4 is 18.3 Å². The van der Waals surface area contributed by atoms with Gasteiger partial charge in [-0.25, -0.2) is 23.2 Å². The zero-order valence-electron chi connectivity index (χ0n) is 34.6. The van der Waals surface area contributed by atoms with E-state index in [9.17, 15) is 33.4 Å². The average molecular weight is 808 g/mol. The van der Waals surface area contributed by atoms with E-state index in [0.29, 0.717) is 75.8 Å². The van der Waals surface area contributed by atoms with Gasteiger partial charge in [-0.05, 0) is 81.7 Å². The largest absolute Gasteiger partial charge is 0.444 e. The second-order valence-electron chi connectivity index (χ2n) is 16.8. The molecule has 3 amide bonds. The van der Waals surface area contributed by atoms with Crippen LogP contribution in [0.15, 0.2) is 72.8 Å². The number of hydrogen-bond donors (Lipinski definition) is 2. The van der Waals surface area contributed by atoms with Gasteiger partial charge in [-0.2, -0.15) is 0 Å². The molecule has 0 radical (unpaired) electrons. The molecule has 3 heterocycles. The van der Waals surface area contributed by atoms with E-state index in [2.05, 4.69) is 0 Å². The van der Waals surface area contributed by atoms with E-state index in [1.54, 1.807) is 26.8 Å². The number of carbonyl (C=O) groups excluding carboxylic acids is 3. The molecule has 3 aromatic rings. The molecule has 3 saturated heterocycles. The number of benzene rings is 3. The van der Waals surface area contributed by atoms with Gasteiger partial charge in [-0.1, -0.05) is 68.4 Å². The first-order chi connectivity index (χ1) is 27.5. The lowest BCUT2D eigenvalue weighted by Crippen LogP contribution is -2.53. The fraction of sp³-hybridized carbons (Fsp3) is 0.533. The van der Waals surface area contributed by atoms with Crippen LogP contribution in [0.5, 0.6) is 0 Å². The Labute approximate surface area is 340 Å². The second kappa shape index (κ2) is 18.9. The Morgan fingerprint density at radius 2 is 1.59 bits per heavy atom. The fourth-order valence-corrected chi connectivity index (χ4v) is 8.06. The van der Waals surface area contributed by atoms with Gasteiger partial charge in [0, 0.05) is 70.3 Å². The van der Waals surface area contributed by atoms with Crippen LogP contribution in [0.1, 0.15) is 97.2 Å². The van der Waals surface area contributed by atoms with E-state index in [1.165, 1.54) is 12.1 Å². The Hall–Kier alpha value is -4.75. The number of carbonyl (C=O) groups is 3. The molecule has 0 saturated carbocycles. The van der Waals surface area contributed by atoms with Crippen LogP contribution in [-0.4, -0.2) is 99.8 Å². The van der Waals surface area contributed by atoms with Gasteiger partial charge in [-0.15, -0.1) is 0 Å². The zero-order valence-corrected chi connectivity index (χ0v) is 34.6. The van der Waals surface area contributed by atoms with Crippen molar-refractivity contribution in [3.05, 3.63) is 95.6 Å². The minimum absolute atomic E-state index is 0.0254. The summed E-state index contributed by atoms with van der Waals surface area (Å²) in [5.74, 6) is -1.11. The third-order valence-corrected chi connectivity index (χ3v) is 11.6. The van der Waals surface area contributed by atoms with Crippen LogP contribution in [0.25, 0.3) is 11.1 Å². The first-order valence-corrected chi connectivity index (χ1v) is 20.3. The van der Waals surface area contributed by atoms with E-state index >= 15 is 0 Å². The molecule has 0 spiro atoms. The van der Waals surface area contributed by atoms with Crippen LogP contribution < -0.4 is 0 Å². The molecular weight excluding hydrogens is 749 g/mol. The lowest BCUT2D eigenvalue weighted by atomic mass is 9.83. The average Bonchev–Trinajstić information content (AvgIpc) is 3.68. The molecule has 3 aliphatic heterocycles. The summed E-state index contributed by atoms with van der Waals surface area (Å²) in [4.78, 5) is 43.0. The van der Waals surface area contributed by atoms with E-state index in [0.717, 1.165) is 17.2 Å². The molecule has 3 fully saturated rings. The maximum Gasteiger partial charge on any atom is 0.410 e. The van der Waals surface area contributed by atoms with Gasteiger partial charge >= 0.3 is 18.3 Å². The van der Waals surface area contributed by atoms with Crippen molar-refractivity contribution < 1.29 is 47.6 Å². The second-order valence-corrected chi connectivity index (χ2v) is 16.8. The summed E-state index contributed by atoms with van der Waals surface area (Å²) in [5, 5.41) is 18.7. The van der Waals surface area contributed by atoms with Crippen LogP contribution in [0, 0.1) is 17.6 Å². The monoisotopic (exact) mass is 807 g/mol. The molecule has 11 nitrogen and oxygen atoms in total. The van der Waals surface area contributed by atoms with Crippen LogP contribution >= 0.6 is 0 Å². The number of aliphatic hydroxyl groups is 2. The number of hydrogen-bond acceptors (Lipinski definition) is 8. The molecule has 13 heteroatoms. The van der Waals surface area contributed by atoms with Crippen molar-refractivity contribution in [2.45, 2.75) is 109 Å². The highest BCUT2D eigenvalue weighted by Crippen LogP contribution is 2.40. The normalized spacial score (nSPS) is 22.9. The number of ether oxygens (including phenoxy) is 3. The molecule has 4 atom stereocenters. The van der Waals surface area contributed by atoms with Crippen LogP contribution in [-0.2, 0) is 19.8 Å². The van der Waals surface area contributed by atoms with Crippen LogP contribution in [0.4, 0.5) is 23.2 Å². The molecule has 0 bridgehead atoms. The van der Waals surface area contributed by atoms with Gasteiger partial charge < -0.3 is 39.1 Å². The van der Waals surface area contributed by atoms with Gasteiger partial charge in [0.1, 0.15) is 28.4 Å². The fourth-order valence-electron chi connectivity index (χ4n) is 8.06. The first kappa shape index (κ1) is 44.4. The van der Waals surface area contributed by atoms with Gasteiger partial charge in [0.05, 0.1) is 12.1 Å². The van der Waals surface area contributed by atoms with Gasteiger partial charge in [0.15, 0.2) is 0 Å². The lowest BCUT2D eigenvalue weighted by Gasteiger charge is -2.45. The van der Waals surface area contributed by atoms with Gasteiger partial charge in [-0.3, -0.25) is 0 Å². The third-order valence-electron chi connectivity index (χ3n) is 11.6. The van der Waals surface area contributed by atoms with Crippen LogP contribution in [0.3, 0.4) is 0 Å². The summed E-state index contributed by atoms with van der Waals surface area (Å²) in [6.07, 6.45) is 2.52. The minimum atomic E-state index is -0.707.